The normalized spacial score (nSPS) is 23.7. The molecule has 2 aromatic rings. The fourth-order valence-corrected chi connectivity index (χ4v) is 8.21. The van der Waals surface area contributed by atoms with Crippen molar-refractivity contribution in [3.63, 3.8) is 0 Å². The first-order valence-corrected chi connectivity index (χ1v) is 17.7. The third-order valence-electron chi connectivity index (χ3n) is 6.60. The highest BCUT2D eigenvalue weighted by molar-refractivity contribution is 8.56. The minimum Gasteiger partial charge on any atom is -0.479 e. The van der Waals surface area contributed by atoms with Crippen LogP contribution in [0.15, 0.2) is 6.33 Å². The van der Waals surface area contributed by atoms with Gasteiger partial charge in [-0.1, -0.05) is 11.4 Å². The quantitative estimate of drug-likeness (QED) is 0.0978. The second-order valence-electron chi connectivity index (χ2n) is 11.2. The Balaban J connectivity index is 1.86. The molecule has 0 aliphatic carbocycles. The van der Waals surface area contributed by atoms with Gasteiger partial charge < -0.3 is 49.5 Å². The zero-order valence-electron chi connectivity index (χ0n) is 27.2. The number of anilines is 1. The van der Waals surface area contributed by atoms with Crippen molar-refractivity contribution < 1.29 is 57.4 Å². The number of carbonyl (C=O) groups excluding carboxylic acids is 3. The molecular formula is C26H42N7O12PS. The van der Waals surface area contributed by atoms with Crippen LogP contribution in [0, 0.1) is 0 Å². The van der Waals surface area contributed by atoms with Gasteiger partial charge in [-0.05, 0) is 41.5 Å². The lowest BCUT2D eigenvalue weighted by Crippen LogP contribution is -2.45. The van der Waals surface area contributed by atoms with E-state index in [0.717, 1.165) is 7.11 Å². The lowest BCUT2D eigenvalue weighted by atomic mass is 9.96. The average molecular weight is 708 g/mol. The fourth-order valence-electron chi connectivity index (χ4n) is 4.36. The Morgan fingerprint density at radius 2 is 1.79 bits per heavy atom. The molecule has 0 aromatic carbocycles. The molecule has 1 aliphatic rings. The van der Waals surface area contributed by atoms with E-state index in [1.165, 1.54) is 31.9 Å². The smallest absolute Gasteiger partial charge is 0.407 e. The molecule has 19 nitrogen and oxygen atoms in total. The molecule has 1 amide bonds. The van der Waals surface area contributed by atoms with Crippen molar-refractivity contribution in [2.45, 2.75) is 89.9 Å². The topological polar surface area (TPSA) is 258 Å². The number of aromatic nitrogens is 4. The number of hydrogen-bond acceptors (Lipinski definition) is 17. The number of methoxy groups -OCH3 is 2. The largest absolute Gasteiger partial charge is 0.479 e. The Kier molecular flexibility index (Phi) is 12.8. The summed E-state index contributed by atoms with van der Waals surface area (Å²) < 4.78 is 47.5. The van der Waals surface area contributed by atoms with Gasteiger partial charge in [-0.2, -0.15) is 9.97 Å². The molecule has 1 unspecified atom stereocenters. The molecule has 3 rings (SSSR count). The van der Waals surface area contributed by atoms with Gasteiger partial charge in [-0.15, -0.1) is 0 Å². The van der Waals surface area contributed by atoms with Crippen molar-refractivity contribution in [3.8, 4) is 5.88 Å². The molecule has 264 valence electrons. The van der Waals surface area contributed by atoms with Crippen LogP contribution in [0.1, 0.15) is 47.8 Å². The molecule has 1 aliphatic heterocycles. The molecule has 0 saturated carbocycles. The summed E-state index contributed by atoms with van der Waals surface area (Å²) in [4.78, 5) is 49.6. The standard InChI is InChI=1S/C26H42N7O12PS/c1-12(2)43-21(35)14(5)32-46(39,47-10-15(29-25(37)41-8)22(36)44-13(3)4)42-9-16-18(34)26(6,38)23(45-16)33-11-28-17-19(33)30-24(27)31-20(17)40-7/h11-16,18,23,34,38H,9-10H2,1-8H3,(H,29,37)(H,32,39)(H2,27,30,31)/t14-,15?,16+,18+,23+,26+,46-/m0/s1. The van der Waals surface area contributed by atoms with Crippen molar-refractivity contribution >= 4 is 53.2 Å². The number of imidazole rings is 1. The minimum absolute atomic E-state index is 0.0794. The van der Waals surface area contributed by atoms with Gasteiger partial charge >= 0.3 is 24.8 Å². The summed E-state index contributed by atoms with van der Waals surface area (Å²) in [6.07, 6.45) is -4.80. The van der Waals surface area contributed by atoms with E-state index in [-0.39, 0.29) is 28.7 Å². The van der Waals surface area contributed by atoms with Gasteiger partial charge in [0.25, 0.3) is 0 Å². The van der Waals surface area contributed by atoms with Crippen molar-refractivity contribution in [2.75, 3.05) is 32.3 Å². The number of nitrogens with one attached hydrogen (secondary N) is 2. The third kappa shape index (κ3) is 9.43. The number of aliphatic hydroxyl groups excluding tert-OH is 1. The van der Waals surface area contributed by atoms with Gasteiger partial charge in [0.05, 0.1) is 39.4 Å². The first-order valence-electron chi connectivity index (χ1n) is 14.4. The van der Waals surface area contributed by atoms with Crippen LogP contribution >= 0.6 is 18.1 Å². The zero-order valence-corrected chi connectivity index (χ0v) is 28.9. The Bertz CT molecular complexity index is 1480. The number of rotatable bonds is 15. The molecule has 1 fully saturated rings. The predicted octanol–water partition coefficient (Wildman–Crippen LogP) is 0.890. The van der Waals surface area contributed by atoms with E-state index in [9.17, 15) is 29.2 Å². The summed E-state index contributed by atoms with van der Waals surface area (Å²) in [5, 5.41) is 27.4. The third-order valence-corrected chi connectivity index (χ3v) is 10.7. The number of amides is 1. The van der Waals surface area contributed by atoms with Gasteiger partial charge in [0.15, 0.2) is 17.4 Å². The summed E-state index contributed by atoms with van der Waals surface area (Å²) in [5.74, 6) is -1.98. The molecule has 0 radical (unpaired) electrons. The first kappa shape index (κ1) is 38.2. The van der Waals surface area contributed by atoms with Crippen LogP contribution in [0.2, 0.25) is 0 Å². The minimum atomic E-state index is -4.19. The van der Waals surface area contributed by atoms with Gasteiger partial charge in [-0.3, -0.25) is 13.9 Å². The van der Waals surface area contributed by atoms with Crippen molar-refractivity contribution in [1.29, 1.82) is 0 Å². The summed E-state index contributed by atoms with van der Waals surface area (Å²) in [7, 11) is 2.47. The molecule has 2 aromatic heterocycles. The molecule has 0 spiro atoms. The van der Waals surface area contributed by atoms with Crippen LogP contribution in [0.25, 0.3) is 11.2 Å². The number of nitrogens with zero attached hydrogens (tertiary/aromatic N) is 4. The van der Waals surface area contributed by atoms with Crippen molar-refractivity contribution in [2.24, 2.45) is 0 Å². The molecule has 6 N–H and O–H groups in total. The lowest BCUT2D eigenvalue weighted by Gasteiger charge is -2.27. The molecule has 0 bridgehead atoms. The van der Waals surface area contributed by atoms with Crippen LogP contribution in [0.4, 0.5) is 10.7 Å². The number of carbonyl (C=O) groups is 3. The number of aliphatic hydroxyl groups is 2. The van der Waals surface area contributed by atoms with Crippen LogP contribution in [-0.2, 0) is 37.6 Å². The van der Waals surface area contributed by atoms with Gasteiger partial charge in [0, 0.05) is 5.75 Å². The number of ether oxygens (including phenoxy) is 5. The van der Waals surface area contributed by atoms with E-state index in [1.807, 2.05) is 0 Å². The van der Waals surface area contributed by atoms with E-state index >= 15 is 0 Å². The highest BCUT2D eigenvalue weighted by Gasteiger charge is 2.54. The van der Waals surface area contributed by atoms with Gasteiger partial charge in [0.1, 0.15) is 29.9 Å². The van der Waals surface area contributed by atoms with Crippen LogP contribution in [0.3, 0.4) is 0 Å². The highest BCUT2D eigenvalue weighted by Crippen LogP contribution is 2.57. The van der Waals surface area contributed by atoms with Gasteiger partial charge in [-0.25, -0.2) is 19.7 Å². The molecule has 7 atom stereocenters. The second kappa shape index (κ2) is 15.8. The number of hydrogen-bond donors (Lipinski definition) is 5. The maximum atomic E-state index is 14.2. The lowest BCUT2D eigenvalue weighted by molar-refractivity contribution is -0.150. The van der Waals surface area contributed by atoms with E-state index in [2.05, 4.69) is 30.1 Å². The molecule has 21 heteroatoms. The maximum Gasteiger partial charge on any atom is 0.407 e. The van der Waals surface area contributed by atoms with Crippen molar-refractivity contribution in [1.82, 2.24) is 29.9 Å². The number of nitrogen functional groups attached to an aromatic ring is 1. The van der Waals surface area contributed by atoms with Crippen LogP contribution in [-0.4, -0.2) is 116 Å². The van der Waals surface area contributed by atoms with Crippen LogP contribution < -0.4 is 20.9 Å². The fraction of sp³-hybridized carbons (Fsp3) is 0.692. The molecule has 3 heterocycles. The Hall–Kier alpha value is -3.26. The van der Waals surface area contributed by atoms with E-state index in [4.69, 9.17) is 29.2 Å². The van der Waals surface area contributed by atoms with E-state index < -0.39 is 79.7 Å². The maximum absolute atomic E-state index is 14.2. The second-order valence-corrected chi connectivity index (χ2v) is 15.5. The number of fused-ring (bicyclic) bond motifs is 1. The molecule has 47 heavy (non-hydrogen) atoms. The van der Waals surface area contributed by atoms with E-state index in [0.29, 0.717) is 11.4 Å². The highest BCUT2D eigenvalue weighted by atomic mass is 32.7. The molecule has 1 saturated heterocycles. The van der Waals surface area contributed by atoms with E-state index in [1.54, 1.807) is 27.7 Å². The monoisotopic (exact) mass is 707 g/mol. The summed E-state index contributed by atoms with van der Waals surface area (Å²) in [6.45, 7) is 4.44. The van der Waals surface area contributed by atoms with Crippen LogP contribution in [0.5, 0.6) is 5.88 Å². The Labute approximate surface area is 274 Å². The number of nitrogens with two attached hydrogens (primary N) is 1. The van der Waals surface area contributed by atoms with Crippen molar-refractivity contribution in [3.05, 3.63) is 6.33 Å². The Morgan fingerprint density at radius 1 is 1.15 bits per heavy atom. The van der Waals surface area contributed by atoms with Gasteiger partial charge in [0.2, 0.25) is 11.8 Å². The molecular weight excluding hydrogens is 665 g/mol. The SMILES string of the molecule is COC(=O)NC(CS[P@](=O)(N[C@@H](C)C(=O)OC(C)C)OC[C@H]1O[C@@H](n2cnc3c(OC)nc(N)nc32)[C@](C)(O)[C@@H]1O)C(=O)OC(C)C. The summed E-state index contributed by atoms with van der Waals surface area (Å²) in [5.41, 5.74) is 4.22. The Morgan fingerprint density at radius 3 is 2.38 bits per heavy atom. The zero-order chi connectivity index (χ0) is 35.3. The average Bonchev–Trinajstić information content (AvgIpc) is 3.49. The number of esters is 2. The number of alkyl carbamates (subject to hydrolysis) is 1. The summed E-state index contributed by atoms with van der Waals surface area (Å²) in [6, 6.07) is -2.49. The predicted molar refractivity (Wildman–Crippen MR) is 167 cm³/mol. The first-order chi connectivity index (χ1) is 21.9. The summed E-state index contributed by atoms with van der Waals surface area (Å²) >= 11 is 0.579.